The first-order valence-corrected chi connectivity index (χ1v) is 8.93. The molecule has 3 N–H and O–H groups in total. The number of ether oxygens (including phenoxy) is 2. The predicted molar refractivity (Wildman–Crippen MR) is 99.1 cm³/mol. The molecule has 7 nitrogen and oxygen atoms in total. The van der Waals surface area contributed by atoms with Crippen LogP contribution in [0.15, 0.2) is 18.2 Å². The van der Waals surface area contributed by atoms with E-state index in [1.807, 2.05) is 36.9 Å². The summed E-state index contributed by atoms with van der Waals surface area (Å²) in [6.07, 6.45) is 1.80. The van der Waals surface area contributed by atoms with Gasteiger partial charge in [-0.15, -0.1) is 0 Å². The lowest BCUT2D eigenvalue weighted by molar-refractivity contribution is -0.134. The van der Waals surface area contributed by atoms with Crippen LogP contribution in [0.2, 0.25) is 0 Å². The predicted octanol–water partition coefficient (Wildman–Crippen LogP) is 1.47. The van der Waals surface area contributed by atoms with Crippen LogP contribution >= 0.6 is 0 Å². The van der Waals surface area contributed by atoms with E-state index in [4.69, 9.17) is 15.2 Å². The molecule has 1 fully saturated rings. The van der Waals surface area contributed by atoms with E-state index in [1.54, 1.807) is 14.2 Å². The van der Waals surface area contributed by atoms with Crippen molar-refractivity contribution in [3.05, 3.63) is 23.8 Å². The second-order valence-corrected chi connectivity index (χ2v) is 6.85. The summed E-state index contributed by atoms with van der Waals surface area (Å²) in [6.45, 7) is 4.38. The molecule has 0 radical (unpaired) electrons. The summed E-state index contributed by atoms with van der Waals surface area (Å²) in [4.78, 5) is 26.4. The van der Waals surface area contributed by atoms with Crippen LogP contribution in [-0.4, -0.2) is 50.1 Å². The summed E-state index contributed by atoms with van der Waals surface area (Å²) in [7, 11) is 3.18. The van der Waals surface area contributed by atoms with Crippen molar-refractivity contribution >= 4 is 11.8 Å². The summed E-state index contributed by atoms with van der Waals surface area (Å²) >= 11 is 0. The van der Waals surface area contributed by atoms with Crippen molar-refractivity contribution in [1.29, 1.82) is 0 Å². The Hall–Kier alpha value is -2.28. The molecule has 0 saturated carbocycles. The molecular formula is C19H29N3O4. The first-order chi connectivity index (χ1) is 12.4. The van der Waals surface area contributed by atoms with E-state index in [0.717, 1.165) is 18.4 Å². The molecule has 0 aliphatic carbocycles. The molecule has 0 bridgehead atoms. The van der Waals surface area contributed by atoms with Gasteiger partial charge in [-0.3, -0.25) is 9.59 Å². The van der Waals surface area contributed by atoms with Gasteiger partial charge in [0.05, 0.1) is 32.8 Å². The van der Waals surface area contributed by atoms with Crippen molar-refractivity contribution in [2.24, 2.45) is 11.7 Å². The third-order valence-electron chi connectivity index (χ3n) is 4.80. The number of nitrogens with two attached hydrogens (primary N) is 1. The highest BCUT2D eigenvalue weighted by molar-refractivity contribution is 5.87. The van der Waals surface area contributed by atoms with Crippen LogP contribution in [0.25, 0.3) is 0 Å². The molecule has 1 aromatic carbocycles. The number of likely N-dealkylation sites (tertiary alicyclic amines) is 1. The Morgan fingerprint density at radius 1 is 1.27 bits per heavy atom. The maximum atomic E-state index is 12.6. The van der Waals surface area contributed by atoms with Gasteiger partial charge in [-0.25, -0.2) is 0 Å². The number of amides is 2. The molecule has 144 valence electrons. The van der Waals surface area contributed by atoms with E-state index in [9.17, 15) is 9.59 Å². The summed E-state index contributed by atoms with van der Waals surface area (Å²) in [5.74, 6) is 0.917. The second-order valence-electron chi connectivity index (χ2n) is 6.85. The lowest BCUT2D eigenvalue weighted by Crippen LogP contribution is -2.47. The third-order valence-corrected chi connectivity index (χ3v) is 4.80. The van der Waals surface area contributed by atoms with Crippen LogP contribution in [0, 0.1) is 5.92 Å². The van der Waals surface area contributed by atoms with Crippen LogP contribution in [0.4, 0.5) is 0 Å². The van der Waals surface area contributed by atoms with Gasteiger partial charge >= 0.3 is 0 Å². The van der Waals surface area contributed by atoms with Crippen molar-refractivity contribution in [3.63, 3.8) is 0 Å². The van der Waals surface area contributed by atoms with Gasteiger partial charge in [0, 0.05) is 6.54 Å². The van der Waals surface area contributed by atoms with Gasteiger partial charge in [0.15, 0.2) is 11.5 Å². The highest BCUT2D eigenvalue weighted by Crippen LogP contribution is 2.36. The molecule has 1 saturated heterocycles. The van der Waals surface area contributed by atoms with Crippen LogP contribution in [0.5, 0.6) is 11.5 Å². The smallest absolute Gasteiger partial charge is 0.242 e. The SMILES string of the molecule is COc1ccc(C2CCCN2C(=O)CNC(=O)[C@@H](N)C(C)C)cc1OC. The Morgan fingerprint density at radius 3 is 2.58 bits per heavy atom. The van der Waals surface area contributed by atoms with Gasteiger partial charge in [0.25, 0.3) is 0 Å². The largest absolute Gasteiger partial charge is 0.493 e. The normalized spacial score (nSPS) is 17.9. The molecule has 7 heteroatoms. The number of carbonyl (C=O) groups is 2. The Morgan fingerprint density at radius 2 is 1.96 bits per heavy atom. The molecule has 1 heterocycles. The van der Waals surface area contributed by atoms with E-state index in [-0.39, 0.29) is 30.3 Å². The van der Waals surface area contributed by atoms with Gasteiger partial charge in [0.1, 0.15) is 0 Å². The topological polar surface area (TPSA) is 93.9 Å². The van der Waals surface area contributed by atoms with Crippen LogP contribution < -0.4 is 20.5 Å². The summed E-state index contributed by atoms with van der Waals surface area (Å²) < 4.78 is 10.6. The first-order valence-electron chi connectivity index (χ1n) is 8.93. The quantitative estimate of drug-likeness (QED) is 0.765. The number of benzene rings is 1. The maximum Gasteiger partial charge on any atom is 0.242 e. The lowest BCUT2D eigenvalue weighted by Gasteiger charge is -2.26. The zero-order valence-electron chi connectivity index (χ0n) is 16.0. The number of methoxy groups -OCH3 is 2. The van der Waals surface area contributed by atoms with Crippen molar-refractivity contribution in [3.8, 4) is 11.5 Å². The molecule has 1 aromatic rings. The number of nitrogens with one attached hydrogen (secondary N) is 1. The number of nitrogens with zero attached hydrogens (tertiary/aromatic N) is 1. The van der Waals surface area contributed by atoms with Gasteiger partial charge in [-0.05, 0) is 36.5 Å². The molecule has 2 rings (SSSR count). The summed E-state index contributed by atoms with van der Waals surface area (Å²) in [5.41, 5.74) is 6.81. The highest BCUT2D eigenvalue weighted by atomic mass is 16.5. The number of rotatable bonds is 7. The second kappa shape index (κ2) is 8.89. The zero-order valence-corrected chi connectivity index (χ0v) is 16.0. The summed E-state index contributed by atoms with van der Waals surface area (Å²) in [6, 6.07) is 5.06. The molecule has 2 amide bonds. The third kappa shape index (κ3) is 4.46. The zero-order chi connectivity index (χ0) is 19.3. The average molecular weight is 363 g/mol. The van der Waals surface area contributed by atoms with E-state index in [0.29, 0.717) is 18.0 Å². The molecule has 1 unspecified atom stereocenters. The number of hydrogen-bond donors (Lipinski definition) is 2. The van der Waals surface area contributed by atoms with E-state index >= 15 is 0 Å². The number of hydrogen-bond acceptors (Lipinski definition) is 5. The Kier molecular flexibility index (Phi) is 6.85. The van der Waals surface area contributed by atoms with Crippen LogP contribution in [0.1, 0.15) is 38.3 Å². The minimum absolute atomic E-state index is 0.0244. The van der Waals surface area contributed by atoms with Crippen molar-refractivity contribution in [1.82, 2.24) is 10.2 Å². The van der Waals surface area contributed by atoms with Gasteiger partial charge < -0.3 is 25.4 Å². The van der Waals surface area contributed by atoms with Gasteiger partial charge in [-0.1, -0.05) is 19.9 Å². The summed E-state index contributed by atoms with van der Waals surface area (Å²) in [5, 5.41) is 2.65. The minimum atomic E-state index is -0.608. The van der Waals surface area contributed by atoms with E-state index in [2.05, 4.69) is 5.32 Å². The monoisotopic (exact) mass is 363 g/mol. The highest BCUT2D eigenvalue weighted by Gasteiger charge is 2.31. The Labute approximate surface area is 154 Å². The molecule has 1 aliphatic rings. The molecule has 0 aromatic heterocycles. The fourth-order valence-electron chi connectivity index (χ4n) is 3.16. The lowest BCUT2D eigenvalue weighted by atomic mass is 10.0. The van der Waals surface area contributed by atoms with E-state index < -0.39 is 6.04 Å². The standard InChI is InChI=1S/C19H29N3O4/c1-12(2)18(20)19(24)21-11-17(23)22-9-5-6-14(22)13-7-8-15(25-3)16(10-13)26-4/h7-8,10,12,14,18H,5-6,9,11,20H2,1-4H3,(H,21,24)/t14?,18-/m0/s1. The van der Waals surface area contributed by atoms with Crippen molar-refractivity contribution in [2.75, 3.05) is 27.3 Å². The van der Waals surface area contributed by atoms with Gasteiger partial charge in [-0.2, -0.15) is 0 Å². The molecule has 1 aliphatic heterocycles. The molecule has 26 heavy (non-hydrogen) atoms. The average Bonchev–Trinajstić information content (AvgIpc) is 3.14. The maximum absolute atomic E-state index is 12.6. The van der Waals surface area contributed by atoms with Gasteiger partial charge in [0.2, 0.25) is 11.8 Å². The van der Waals surface area contributed by atoms with E-state index in [1.165, 1.54) is 0 Å². The first kappa shape index (κ1) is 20.0. The van der Waals surface area contributed by atoms with Crippen LogP contribution in [0.3, 0.4) is 0 Å². The Balaban J connectivity index is 2.05. The van der Waals surface area contributed by atoms with Crippen LogP contribution in [-0.2, 0) is 9.59 Å². The molecular weight excluding hydrogens is 334 g/mol. The fourth-order valence-corrected chi connectivity index (χ4v) is 3.16. The minimum Gasteiger partial charge on any atom is -0.493 e. The van der Waals surface area contributed by atoms with Crippen molar-refractivity contribution < 1.29 is 19.1 Å². The number of carbonyl (C=O) groups excluding carboxylic acids is 2. The molecule has 0 spiro atoms. The molecule has 2 atom stereocenters. The van der Waals surface area contributed by atoms with Crippen molar-refractivity contribution in [2.45, 2.75) is 38.8 Å². The fraction of sp³-hybridized carbons (Fsp3) is 0.579. The Bertz CT molecular complexity index is 648.